The fourth-order valence-corrected chi connectivity index (χ4v) is 3.66. The Morgan fingerprint density at radius 1 is 1.17 bits per heavy atom. The molecule has 1 saturated heterocycles. The third-order valence-electron chi connectivity index (χ3n) is 5.49. The number of fused-ring (bicyclic) bond motifs is 1. The average Bonchev–Trinajstić information content (AvgIpc) is 3.10. The van der Waals surface area contributed by atoms with Crippen LogP contribution in [0.15, 0.2) is 42.7 Å². The van der Waals surface area contributed by atoms with Crippen molar-refractivity contribution in [3.05, 3.63) is 59.7 Å². The first-order valence-corrected chi connectivity index (χ1v) is 9.86. The van der Waals surface area contributed by atoms with Gasteiger partial charge in [-0.15, -0.1) is 0 Å². The molecule has 152 valence electrons. The lowest BCUT2D eigenvalue weighted by atomic mass is 10.1. The molecule has 0 aliphatic carbocycles. The molecule has 0 atom stereocenters. The Morgan fingerprint density at radius 2 is 1.97 bits per heavy atom. The number of pyridine rings is 1. The molecular formula is C22H27N5O2. The van der Waals surface area contributed by atoms with Crippen LogP contribution in [0.25, 0.3) is 5.52 Å². The first-order valence-electron chi connectivity index (χ1n) is 9.86. The summed E-state index contributed by atoms with van der Waals surface area (Å²) in [6, 6.07) is 9.70. The zero-order chi connectivity index (χ0) is 20.4. The molecule has 0 saturated carbocycles. The number of nitrogens with zero attached hydrogens (tertiary/aromatic N) is 4. The summed E-state index contributed by atoms with van der Waals surface area (Å²) in [5.74, 6) is 1.33. The van der Waals surface area contributed by atoms with E-state index in [0.717, 1.165) is 49.6 Å². The number of benzene rings is 1. The largest absolute Gasteiger partial charge is 0.495 e. The molecular weight excluding hydrogens is 366 g/mol. The number of methoxy groups -OCH3 is 1. The Bertz CT molecular complexity index is 1020. The van der Waals surface area contributed by atoms with E-state index in [4.69, 9.17) is 4.74 Å². The number of likely N-dealkylation sites (N-methyl/N-ethyl adjacent to an activating group) is 1. The summed E-state index contributed by atoms with van der Waals surface area (Å²) in [4.78, 5) is 21.9. The van der Waals surface area contributed by atoms with Gasteiger partial charge >= 0.3 is 0 Å². The predicted molar refractivity (Wildman–Crippen MR) is 114 cm³/mol. The van der Waals surface area contributed by atoms with Gasteiger partial charge < -0.3 is 19.4 Å². The molecule has 1 aliphatic rings. The summed E-state index contributed by atoms with van der Waals surface area (Å²) in [6.07, 6.45) is 3.61. The fraction of sp³-hybridized carbons (Fsp3) is 0.364. The highest BCUT2D eigenvalue weighted by Gasteiger charge is 2.16. The Kier molecular flexibility index (Phi) is 5.51. The van der Waals surface area contributed by atoms with Crippen molar-refractivity contribution in [3.63, 3.8) is 0 Å². The van der Waals surface area contributed by atoms with Crippen molar-refractivity contribution < 1.29 is 9.53 Å². The average molecular weight is 393 g/mol. The molecule has 1 aliphatic heterocycles. The molecule has 0 spiro atoms. The number of hydrogen-bond acceptors (Lipinski definition) is 5. The van der Waals surface area contributed by atoms with Crippen LogP contribution < -0.4 is 10.1 Å². The van der Waals surface area contributed by atoms with E-state index >= 15 is 0 Å². The minimum absolute atomic E-state index is 0.171. The van der Waals surface area contributed by atoms with Gasteiger partial charge in [0.15, 0.2) is 0 Å². The van der Waals surface area contributed by atoms with Crippen LogP contribution in [0.5, 0.6) is 5.75 Å². The molecule has 0 unspecified atom stereocenters. The van der Waals surface area contributed by atoms with Gasteiger partial charge in [0.25, 0.3) is 5.91 Å². The first-order chi connectivity index (χ1) is 14.0. The molecule has 1 N–H and O–H groups in total. The number of rotatable bonds is 5. The Labute approximate surface area is 170 Å². The summed E-state index contributed by atoms with van der Waals surface area (Å²) in [7, 11) is 3.77. The van der Waals surface area contributed by atoms with E-state index in [2.05, 4.69) is 33.2 Å². The van der Waals surface area contributed by atoms with Gasteiger partial charge in [0.05, 0.1) is 30.1 Å². The molecule has 0 bridgehead atoms. The van der Waals surface area contributed by atoms with E-state index in [9.17, 15) is 4.79 Å². The lowest BCUT2D eigenvalue weighted by Gasteiger charge is -2.32. The van der Waals surface area contributed by atoms with Crippen LogP contribution in [0.4, 0.5) is 5.69 Å². The Morgan fingerprint density at radius 3 is 2.72 bits per heavy atom. The molecule has 1 fully saturated rings. The van der Waals surface area contributed by atoms with E-state index in [0.29, 0.717) is 17.0 Å². The van der Waals surface area contributed by atoms with Crippen molar-refractivity contribution in [2.24, 2.45) is 0 Å². The van der Waals surface area contributed by atoms with Crippen LogP contribution in [0.2, 0.25) is 0 Å². The topological polar surface area (TPSA) is 62.1 Å². The first kappa shape index (κ1) is 19.4. The number of carbonyl (C=O) groups excluding carboxylic acids is 1. The number of nitrogens with one attached hydrogen (secondary N) is 1. The number of imidazole rings is 1. The molecule has 3 heterocycles. The minimum atomic E-state index is -0.171. The summed E-state index contributed by atoms with van der Waals surface area (Å²) in [6.45, 7) is 7.04. The molecule has 1 amide bonds. The third-order valence-corrected chi connectivity index (χ3v) is 5.49. The Balaban J connectivity index is 1.52. The second-order valence-electron chi connectivity index (χ2n) is 7.59. The van der Waals surface area contributed by atoms with Gasteiger partial charge in [-0.25, -0.2) is 4.98 Å². The summed E-state index contributed by atoms with van der Waals surface area (Å²) >= 11 is 0. The van der Waals surface area contributed by atoms with Crippen LogP contribution in [0.1, 0.15) is 21.7 Å². The normalized spacial score (nSPS) is 15.6. The van der Waals surface area contributed by atoms with Crippen LogP contribution in [0, 0.1) is 6.92 Å². The highest BCUT2D eigenvalue weighted by molar-refractivity contribution is 6.05. The molecule has 2 aromatic heterocycles. The number of ether oxygens (including phenoxy) is 1. The number of anilines is 1. The lowest BCUT2D eigenvalue weighted by Crippen LogP contribution is -2.43. The van der Waals surface area contributed by atoms with Gasteiger partial charge in [0.2, 0.25) is 0 Å². The standard InChI is InChI=1S/C22H27N5O2/c1-16-23-13-19-6-5-18(15-27(16)19)22(28)24-20-12-17(4-7-21(20)29-3)14-26-10-8-25(2)9-11-26/h4-7,12-13,15H,8-11,14H2,1-3H3,(H,24,28). The minimum Gasteiger partial charge on any atom is -0.495 e. The molecule has 7 nitrogen and oxygen atoms in total. The SMILES string of the molecule is COc1ccc(CN2CCN(C)CC2)cc1NC(=O)c1ccc2cnc(C)n2c1. The maximum absolute atomic E-state index is 12.9. The van der Waals surface area contributed by atoms with Crippen molar-refractivity contribution in [3.8, 4) is 5.75 Å². The summed E-state index contributed by atoms with van der Waals surface area (Å²) in [5, 5.41) is 3.01. The van der Waals surface area contributed by atoms with E-state index in [-0.39, 0.29) is 5.91 Å². The van der Waals surface area contributed by atoms with E-state index < -0.39 is 0 Å². The van der Waals surface area contributed by atoms with Crippen LogP contribution in [0.3, 0.4) is 0 Å². The number of aryl methyl sites for hydroxylation is 1. The van der Waals surface area contributed by atoms with Crippen molar-refractivity contribution in [2.45, 2.75) is 13.5 Å². The predicted octanol–water partition coefficient (Wildman–Crippen LogP) is 2.65. The highest BCUT2D eigenvalue weighted by atomic mass is 16.5. The van der Waals surface area contributed by atoms with E-state index in [1.807, 2.05) is 41.8 Å². The Hall–Kier alpha value is -2.90. The molecule has 0 radical (unpaired) electrons. The summed E-state index contributed by atoms with van der Waals surface area (Å²) < 4.78 is 7.38. The number of aromatic nitrogens is 2. The van der Waals surface area contributed by atoms with Crippen molar-refractivity contribution in [1.82, 2.24) is 19.2 Å². The van der Waals surface area contributed by atoms with Crippen LogP contribution >= 0.6 is 0 Å². The van der Waals surface area contributed by atoms with Gasteiger partial charge in [-0.1, -0.05) is 6.07 Å². The maximum Gasteiger partial charge on any atom is 0.257 e. The van der Waals surface area contributed by atoms with Gasteiger partial charge in [0, 0.05) is 38.9 Å². The molecule has 29 heavy (non-hydrogen) atoms. The number of hydrogen-bond donors (Lipinski definition) is 1. The van der Waals surface area contributed by atoms with Crippen molar-refractivity contribution in [2.75, 3.05) is 45.7 Å². The quantitative estimate of drug-likeness (QED) is 0.722. The monoisotopic (exact) mass is 393 g/mol. The zero-order valence-electron chi connectivity index (χ0n) is 17.2. The van der Waals surface area contributed by atoms with Gasteiger partial charge in [-0.3, -0.25) is 9.69 Å². The van der Waals surface area contributed by atoms with Gasteiger partial charge in [-0.05, 0) is 43.8 Å². The van der Waals surface area contributed by atoms with Crippen LogP contribution in [-0.2, 0) is 6.54 Å². The van der Waals surface area contributed by atoms with Crippen LogP contribution in [-0.4, -0.2) is 65.4 Å². The molecule has 3 aromatic rings. The smallest absolute Gasteiger partial charge is 0.257 e. The lowest BCUT2D eigenvalue weighted by molar-refractivity contribution is 0.102. The summed E-state index contributed by atoms with van der Waals surface area (Å²) in [5.41, 5.74) is 3.38. The molecule has 4 rings (SSSR count). The highest BCUT2D eigenvalue weighted by Crippen LogP contribution is 2.27. The van der Waals surface area contributed by atoms with Gasteiger partial charge in [0.1, 0.15) is 11.6 Å². The maximum atomic E-state index is 12.9. The fourth-order valence-electron chi connectivity index (χ4n) is 3.66. The molecule has 7 heteroatoms. The number of piperazine rings is 1. The van der Waals surface area contributed by atoms with E-state index in [1.165, 1.54) is 0 Å². The zero-order valence-corrected chi connectivity index (χ0v) is 17.2. The second kappa shape index (κ2) is 8.23. The third kappa shape index (κ3) is 4.26. The molecule has 1 aromatic carbocycles. The van der Waals surface area contributed by atoms with E-state index in [1.54, 1.807) is 13.3 Å². The van der Waals surface area contributed by atoms with Crippen molar-refractivity contribution in [1.29, 1.82) is 0 Å². The number of carbonyl (C=O) groups is 1. The second-order valence-corrected chi connectivity index (χ2v) is 7.59. The number of amides is 1. The van der Waals surface area contributed by atoms with Gasteiger partial charge in [-0.2, -0.15) is 0 Å². The van der Waals surface area contributed by atoms with Crippen molar-refractivity contribution >= 4 is 17.1 Å².